The van der Waals surface area contributed by atoms with Crippen LogP contribution in [0.2, 0.25) is 13.1 Å². The zero-order chi connectivity index (χ0) is 12.1. The Hall–Kier alpha value is 0.0969. The second kappa shape index (κ2) is 5.99. The Bertz CT molecular complexity index is 166. The van der Waals surface area contributed by atoms with E-state index < -0.39 is 14.2 Å². The highest BCUT2D eigenvalue weighted by Crippen LogP contribution is 2.21. The predicted octanol–water partition coefficient (Wildman–Crippen LogP) is 0.592. The van der Waals surface area contributed by atoms with E-state index in [-0.39, 0.29) is 0 Å². The molecule has 0 aliphatic carbocycles. The average molecular weight is 233 g/mol. The van der Waals surface area contributed by atoms with Gasteiger partial charge in [0.2, 0.25) is 0 Å². The summed E-state index contributed by atoms with van der Waals surface area (Å²) >= 11 is 0. The number of quaternary nitrogens is 1. The lowest BCUT2D eigenvalue weighted by molar-refractivity contribution is -0.849. The molecule has 1 aliphatic rings. The van der Waals surface area contributed by atoms with Crippen LogP contribution < -0.4 is 5.11 Å². The van der Waals surface area contributed by atoms with Gasteiger partial charge in [-0.3, -0.25) is 0 Å². The molecule has 4 heteroatoms. The first-order chi connectivity index (χ1) is 6.65. The highest BCUT2D eigenvalue weighted by atomic mass is 28.3. The van der Waals surface area contributed by atoms with Crippen molar-refractivity contribution in [2.24, 2.45) is 0 Å². The summed E-state index contributed by atoms with van der Waals surface area (Å²) in [5.41, 5.74) is -0.932. The first kappa shape index (κ1) is 15.1. The molecule has 0 aromatic carbocycles. The largest absolute Gasteiger partial charge is 0.831 e. The third kappa shape index (κ3) is 7.96. The zero-order valence-electron chi connectivity index (χ0n) is 11.2. The summed E-state index contributed by atoms with van der Waals surface area (Å²) < 4.78 is 6.23. The van der Waals surface area contributed by atoms with Crippen molar-refractivity contribution in [2.45, 2.75) is 37.8 Å². The van der Waals surface area contributed by atoms with E-state index in [1.165, 1.54) is 0 Å². The number of hydrogen-bond donors (Lipinski definition) is 0. The van der Waals surface area contributed by atoms with Gasteiger partial charge >= 0.3 is 0 Å². The summed E-state index contributed by atoms with van der Waals surface area (Å²) in [5.74, 6) is 0. The van der Waals surface area contributed by atoms with Crippen molar-refractivity contribution in [3.8, 4) is 0 Å². The molecule has 0 amide bonds. The van der Waals surface area contributed by atoms with Crippen LogP contribution in [0.5, 0.6) is 0 Å². The van der Waals surface area contributed by atoms with Gasteiger partial charge in [0.15, 0.2) is 0 Å². The molecule has 1 saturated heterocycles. The molecule has 0 saturated carbocycles. The third-order valence-corrected chi connectivity index (χ3v) is 4.36. The number of rotatable bonds is 1. The Morgan fingerprint density at radius 2 is 1.60 bits per heavy atom. The average Bonchev–Trinajstić information content (AvgIpc) is 2.02. The van der Waals surface area contributed by atoms with Crippen molar-refractivity contribution >= 4 is 8.80 Å². The van der Waals surface area contributed by atoms with Gasteiger partial charge in [-0.1, -0.05) is 19.5 Å². The van der Waals surface area contributed by atoms with Crippen molar-refractivity contribution in [3.63, 3.8) is 0 Å². The molecular formula is C11H27NO2Si. The van der Waals surface area contributed by atoms with Gasteiger partial charge in [-0.2, -0.15) is 0 Å². The van der Waals surface area contributed by atoms with Crippen LogP contribution in [-0.4, -0.2) is 53.5 Å². The highest BCUT2D eigenvalue weighted by molar-refractivity contribution is 6.58. The second-order valence-electron chi connectivity index (χ2n) is 5.96. The summed E-state index contributed by atoms with van der Waals surface area (Å²) in [7, 11) is 7.36. The van der Waals surface area contributed by atoms with Crippen molar-refractivity contribution in [2.75, 3.05) is 34.8 Å². The minimum atomic E-state index is -1.14. The summed E-state index contributed by atoms with van der Waals surface area (Å²) in [5, 5.41) is 11.7. The standard InChI is InChI=1S/C7H15O2Si.C4H12N/c1-10(2)7(8)5-3-4-6-9-7;1-5(2,3)4/h10H,3-6H2,1-2H3;1-4H3/q-1;+1. The van der Waals surface area contributed by atoms with Gasteiger partial charge in [0.1, 0.15) is 0 Å². The minimum Gasteiger partial charge on any atom is -0.831 e. The van der Waals surface area contributed by atoms with E-state index in [0.717, 1.165) is 23.7 Å². The minimum absolute atomic E-state index is 0.689. The van der Waals surface area contributed by atoms with Crippen LogP contribution in [0, 0.1) is 0 Å². The van der Waals surface area contributed by atoms with Crippen molar-refractivity contribution < 1.29 is 14.3 Å². The molecule has 0 bridgehead atoms. The molecule has 1 unspecified atom stereocenters. The van der Waals surface area contributed by atoms with Gasteiger partial charge < -0.3 is 14.3 Å². The molecule has 15 heavy (non-hydrogen) atoms. The smallest absolute Gasteiger partial charge is 0.0675 e. The quantitative estimate of drug-likeness (QED) is 0.490. The summed E-state index contributed by atoms with van der Waals surface area (Å²) in [6.45, 7) is 4.82. The Morgan fingerprint density at radius 1 is 1.13 bits per heavy atom. The molecule has 1 aliphatic heterocycles. The molecule has 0 aromatic heterocycles. The van der Waals surface area contributed by atoms with Gasteiger partial charge in [-0.25, -0.2) is 0 Å². The van der Waals surface area contributed by atoms with Gasteiger partial charge in [0, 0.05) is 15.4 Å². The Labute approximate surface area is 96.2 Å². The normalized spacial score (nSPS) is 27.2. The molecular weight excluding hydrogens is 206 g/mol. The molecule has 92 valence electrons. The van der Waals surface area contributed by atoms with Gasteiger partial charge in [0.05, 0.1) is 28.2 Å². The zero-order valence-corrected chi connectivity index (χ0v) is 12.3. The van der Waals surface area contributed by atoms with E-state index in [2.05, 4.69) is 41.3 Å². The fourth-order valence-electron chi connectivity index (χ4n) is 1.25. The maximum Gasteiger partial charge on any atom is 0.0675 e. The van der Waals surface area contributed by atoms with Crippen LogP contribution in [0.4, 0.5) is 0 Å². The van der Waals surface area contributed by atoms with Crippen LogP contribution in [0.15, 0.2) is 0 Å². The highest BCUT2D eigenvalue weighted by Gasteiger charge is 2.24. The SMILES string of the molecule is C[N+](C)(C)C.C[SiH](C)C1([O-])CCCCO1. The molecule has 0 radical (unpaired) electrons. The van der Waals surface area contributed by atoms with Crippen LogP contribution in [0.1, 0.15) is 19.3 Å². The first-order valence-corrected chi connectivity index (χ1v) is 8.67. The van der Waals surface area contributed by atoms with E-state index >= 15 is 0 Å². The Kier molecular flexibility index (Phi) is 6.03. The lowest BCUT2D eigenvalue weighted by Gasteiger charge is -2.46. The van der Waals surface area contributed by atoms with Crippen molar-refractivity contribution in [1.29, 1.82) is 0 Å². The Balaban J connectivity index is 0.000000336. The summed E-state index contributed by atoms with van der Waals surface area (Å²) in [6.07, 6.45) is 2.89. The lowest BCUT2D eigenvalue weighted by Crippen LogP contribution is -2.58. The molecule has 0 spiro atoms. The number of ether oxygens (including phenoxy) is 1. The van der Waals surface area contributed by atoms with Gasteiger partial charge in [-0.05, 0) is 18.3 Å². The molecule has 0 N–H and O–H groups in total. The maximum absolute atomic E-state index is 11.7. The van der Waals surface area contributed by atoms with Crippen molar-refractivity contribution in [3.05, 3.63) is 0 Å². The molecule has 1 rings (SSSR count). The molecule has 0 aromatic rings. The fraction of sp³-hybridized carbons (Fsp3) is 1.00. The summed E-state index contributed by atoms with van der Waals surface area (Å²) in [6, 6.07) is 0. The third-order valence-electron chi connectivity index (χ3n) is 2.15. The lowest BCUT2D eigenvalue weighted by atomic mass is 10.2. The van der Waals surface area contributed by atoms with Crippen LogP contribution in [0.3, 0.4) is 0 Å². The first-order valence-electron chi connectivity index (χ1n) is 5.78. The van der Waals surface area contributed by atoms with Gasteiger partial charge in [0.25, 0.3) is 0 Å². The van der Waals surface area contributed by atoms with E-state index in [9.17, 15) is 5.11 Å². The van der Waals surface area contributed by atoms with E-state index in [1.54, 1.807) is 0 Å². The maximum atomic E-state index is 11.7. The fourth-order valence-corrected chi connectivity index (χ4v) is 2.48. The molecule has 3 nitrogen and oxygen atoms in total. The van der Waals surface area contributed by atoms with Gasteiger partial charge in [-0.15, -0.1) is 0 Å². The van der Waals surface area contributed by atoms with Crippen LogP contribution in [0.25, 0.3) is 0 Å². The molecule has 1 atom stereocenters. The second-order valence-corrected chi connectivity index (χ2v) is 9.14. The Morgan fingerprint density at radius 3 is 1.80 bits per heavy atom. The van der Waals surface area contributed by atoms with E-state index in [1.807, 2.05) is 0 Å². The predicted molar refractivity (Wildman–Crippen MR) is 65.4 cm³/mol. The number of hydrogen-bond acceptors (Lipinski definition) is 2. The van der Waals surface area contributed by atoms with Crippen LogP contribution >= 0.6 is 0 Å². The number of nitrogens with zero attached hydrogens (tertiary/aromatic N) is 1. The van der Waals surface area contributed by atoms with E-state index in [4.69, 9.17) is 4.74 Å². The topological polar surface area (TPSA) is 32.3 Å². The monoisotopic (exact) mass is 233 g/mol. The van der Waals surface area contributed by atoms with Crippen molar-refractivity contribution in [1.82, 2.24) is 0 Å². The van der Waals surface area contributed by atoms with Crippen LogP contribution in [-0.2, 0) is 4.74 Å². The van der Waals surface area contributed by atoms with E-state index in [0.29, 0.717) is 6.61 Å². The molecule has 1 fully saturated rings. The molecule has 1 heterocycles. The summed E-state index contributed by atoms with van der Waals surface area (Å²) in [4.78, 5) is 0.